The summed E-state index contributed by atoms with van der Waals surface area (Å²) in [6.45, 7) is 0.186. The van der Waals surface area contributed by atoms with Gasteiger partial charge in [-0.15, -0.1) is 0 Å². The van der Waals surface area contributed by atoms with E-state index in [2.05, 4.69) is 5.10 Å². The number of methoxy groups -OCH3 is 2. The van der Waals surface area contributed by atoms with Crippen LogP contribution in [0.4, 0.5) is 0 Å². The Hall–Kier alpha value is -2.54. The molecule has 0 saturated heterocycles. The summed E-state index contributed by atoms with van der Waals surface area (Å²) in [6.07, 6.45) is 0.683. The summed E-state index contributed by atoms with van der Waals surface area (Å²) in [5.74, 6) is 0.931. The van der Waals surface area contributed by atoms with Crippen molar-refractivity contribution in [1.82, 2.24) is 9.78 Å². The van der Waals surface area contributed by atoms with Crippen molar-refractivity contribution >= 4 is 5.91 Å². The van der Waals surface area contributed by atoms with Gasteiger partial charge in [0.05, 0.1) is 19.9 Å². The zero-order valence-electron chi connectivity index (χ0n) is 12.6. The van der Waals surface area contributed by atoms with Crippen molar-refractivity contribution < 1.29 is 14.3 Å². The number of aromatic amines is 1. The van der Waals surface area contributed by atoms with E-state index >= 15 is 0 Å². The van der Waals surface area contributed by atoms with Crippen molar-refractivity contribution in [3.05, 3.63) is 45.9 Å². The summed E-state index contributed by atoms with van der Waals surface area (Å²) in [5.41, 5.74) is 6.50. The standard InChI is InChI=1S/C15H19N3O4/c1-21-12-5-3-10(7-13(12)22-2)4-6-14(19)18-15(20)8-11(9-16)17-18/h3,5,7-8,17H,4,6,9,16H2,1-2H3. The number of nitrogens with zero attached hydrogens (tertiary/aromatic N) is 1. The highest BCUT2D eigenvalue weighted by atomic mass is 16.5. The third-order valence-corrected chi connectivity index (χ3v) is 3.32. The molecule has 0 radical (unpaired) electrons. The van der Waals surface area contributed by atoms with E-state index in [1.807, 2.05) is 12.1 Å². The van der Waals surface area contributed by atoms with Gasteiger partial charge in [0, 0.05) is 19.0 Å². The molecule has 3 N–H and O–H groups in total. The fourth-order valence-corrected chi connectivity index (χ4v) is 2.13. The summed E-state index contributed by atoms with van der Waals surface area (Å²) in [6, 6.07) is 6.78. The number of aromatic nitrogens is 2. The van der Waals surface area contributed by atoms with E-state index in [1.165, 1.54) is 6.07 Å². The highest BCUT2D eigenvalue weighted by Gasteiger charge is 2.11. The highest BCUT2D eigenvalue weighted by molar-refractivity contribution is 5.78. The fraction of sp³-hybridized carbons (Fsp3) is 0.333. The van der Waals surface area contributed by atoms with Crippen LogP contribution in [0.25, 0.3) is 0 Å². The molecule has 0 saturated carbocycles. The monoisotopic (exact) mass is 305 g/mol. The van der Waals surface area contributed by atoms with Crippen LogP contribution in [0.15, 0.2) is 29.1 Å². The van der Waals surface area contributed by atoms with Gasteiger partial charge in [-0.05, 0) is 24.1 Å². The molecular weight excluding hydrogens is 286 g/mol. The molecule has 0 amide bonds. The lowest BCUT2D eigenvalue weighted by atomic mass is 10.1. The molecule has 0 unspecified atom stereocenters. The van der Waals surface area contributed by atoms with Crippen LogP contribution in [-0.4, -0.2) is 29.9 Å². The van der Waals surface area contributed by atoms with Gasteiger partial charge in [-0.1, -0.05) is 6.07 Å². The average molecular weight is 305 g/mol. The Bertz CT molecular complexity index is 718. The molecule has 2 rings (SSSR count). The third-order valence-electron chi connectivity index (χ3n) is 3.32. The maximum Gasteiger partial charge on any atom is 0.273 e. The minimum absolute atomic E-state index is 0.186. The first kappa shape index (κ1) is 15.8. The van der Waals surface area contributed by atoms with Gasteiger partial charge in [-0.2, -0.15) is 4.68 Å². The van der Waals surface area contributed by atoms with Gasteiger partial charge in [0.25, 0.3) is 5.56 Å². The van der Waals surface area contributed by atoms with Crippen molar-refractivity contribution in [3.8, 4) is 11.5 Å². The number of nitrogens with two attached hydrogens (primary N) is 1. The first-order valence-corrected chi connectivity index (χ1v) is 6.84. The van der Waals surface area contributed by atoms with Crippen LogP contribution < -0.4 is 20.8 Å². The van der Waals surface area contributed by atoms with Gasteiger partial charge < -0.3 is 15.2 Å². The lowest BCUT2D eigenvalue weighted by Gasteiger charge is -2.09. The molecular formula is C15H19N3O4. The van der Waals surface area contributed by atoms with Crippen LogP contribution in [0, 0.1) is 0 Å². The minimum atomic E-state index is -0.391. The predicted molar refractivity (Wildman–Crippen MR) is 81.4 cm³/mol. The molecule has 0 spiro atoms. The van der Waals surface area contributed by atoms with Gasteiger partial charge in [0.2, 0.25) is 5.91 Å². The van der Waals surface area contributed by atoms with Crippen molar-refractivity contribution in [2.75, 3.05) is 14.2 Å². The van der Waals surface area contributed by atoms with Crippen LogP contribution in [0.3, 0.4) is 0 Å². The average Bonchev–Trinajstić information content (AvgIpc) is 2.93. The van der Waals surface area contributed by atoms with Gasteiger partial charge in [-0.3, -0.25) is 14.7 Å². The molecule has 0 aliphatic heterocycles. The van der Waals surface area contributed by atoms with Gasteiger partial charge >= 0.3 is 0 Å². The first-order valence-electron chi connectivity index (χ1n) is 6.84. The van der Waals surface area contributed by atoms with E-state index in [1.54, 1.807) is 20.3 Å². The molecule has 118 valence electrons. The second-order valence-corrected chi connectivity index (χ2v) is 4.74. The number of benzene rings is 1. The molecule has 1 aromatic carbocycles. The Morgan fingerprint density at radius 2 is 1.95 bits per heavy atom. The number of hydrogen-bond donors (Lipinski definition) is 2. The molecule has 0 atom stereocenters. The highest BCUT2D eigenvalue weighted by Crippen LogP contribution is 2.27. The Labute approximate surface area is 127 Å². The number of H-pyrrole nitrogens is 1. The second kappa shape index (κ2) is 6.95. The quantitative estimate of drug-likeness (QED) is 0.827. The molecule has 7 nitrogen and oxygen atoms in total. The number of carbonyl (C=O) groups excluding carboxylic acids is 1. The van der Waals surface area contributed by atoms with E-state index in [0.717, 1.165) is 10.2 Å². The van der Waals surface area contributed by atoms with E-state index in [0.29, 0.717) is 23.6 Å². The third kappa shape index (κ3) is 3.37. The normalized spacial score (nSPS) is 10.5. The Kier molecular flexibility index (Phi) is 5.00. The molecule has 0 aliphatic carbocycles. The van der Waals surface area contributed by atoms with Crippen LogP contribution >= 0.6 is 0 Å². The summed E-state index contributed by atoms with van der Waals surface area (Å²) in [5, 5.41) is 2.69. The molecule has 7 heteroatoms. The van der Waals surface area contributed by atoms with Crippen molar-refractivity contribution in [3.63, 3.8) is 0 Å². The summed E-state index contributed by atoms with van der Waals surface area (Å²) in [7, 11) is 3.12. The molecule has 0 fully saturated rings. The summed E-state index contributed by atoms with van der Waals surface area (Å²) in [4.78, 5) is 23.7. The smallest absolute Gasteiger partial charge is 0.273 e. The van der Waals surface area contributed by atoms with Gasteiger partial charge in [-0.25, -0.2) is 0 Å². The summed E-state index contributed by atoms with van der Waals surface area (Å²) < 4.78 is 11.4. The topological polar surface area (TPSA) is 99.3 Å². The lowest BCUT2D eigenvalue weighted by molar-refractivity contribution is 0.0882. The van der Waals surface area contributed by atoms with Crippen LogP contribution in [-0.2, 0) is 13.0 Å². The number of nitrogens with one attached hydrogen (secondary N) is 1. The molecule has 0 bridgehead atoms. The fourth-order valence-electron chi connectivity index (χ4n) is 2.13. The predicted octanol–water partition coefficient (Wildman–Crippen LogP) is 0.925. The number of carbonyl (C=O) groups is 1. The Morgan fingerprint density at radius 1 is 1.23 bits per heavy atom. The Morgan fingerprint density at radius 3 is 2.55 bits per heavy atom. The molecule has 0 aliphatic rings. The maximum atomic E-state index is 12.1. The zero-order valence-corrected chi connectivity index (χ0v) is 12.6. The molecule has 1 heterocycles. The molecule has 2 aromatic rings. The van der Waals surface area contributed by atoms with Gasteiger partial charge in [0.15, 0.2) is 11.5 Å². The lowest BCUT2D eigenvalue weighted by Crippen LogP contribution is -2.24. The van der Waals surface area contributed by atoms with E-state index in [9.17, 15) is 9.59 Å². The maximum absolute atomic E-state index is 12.1. The van der Waals surface area contributed by atoms with E-state index < -0.39 is 5.56 Å². The number of aryl methyl sites for hydroxylation is 1. The first-order chi connectivity index (χ1) is 10.6. The van der Waals surface area contributed by atoms with Gasteiger partial charge in [0.1, 0.15) is 0 Å². The minimum Gasteiger partial charge on any atom is -0.493 e. The van der Waals surface area contributed by atoms with Crippen molar-refractivity contribution in [1.29, 1.82) is 0 Å². The zero-order chi connectivity index (χ0) is 16.1. The van der Waals surface area contributed by atoms with Crippen LogP contribution in [0.1, 0.15) is 22.5 Å². The van der Waals surface area contributed by atoms with Crippen molar-refractivity contribution in [2.45, 2.75) is 19.4 Å². The molecule has 1 aromatic heterocycles. The van der Waals surface area contributed by atoms with Crippen LogP contribution in [0.2, 0.25) is 0 Å². The SMILES string of the molecule is COc1ccc(CCC(=O)n2[nH]c(CN)cc2=O)cc1OC. The van der Waals surface area contributed by atoms with Crippen LogP contribution in [0.5, 0.6) is 11.5 Å². The number of hydrogen-bond acceptors (Lipinski definition) is 5. The largest absolute Gasteiger partial charge is 0.493 e. The summed E-state index contributed by atoms with van der Waals surface area (Å²) >= 11 is 0. The number of ether oxygens (including phenoxy) is 2. The Balaban J connectivity index is 2.07. The number of rotatable bonds is 6. The van der Waals surface area contributed by atoms with E-state index in [-0.39, 0.29) is 18.9 Å². The second-order valence-electron chi connectivity index (χ2n) is 4.74. The van der Waals surface area contributed by atoms with Crippen molar-refractivity contribution in [2.24, 2.45) is 5.73 Å². The van der Waals surface area contributed by atoms with E-state index in [4.69, 9.17) is 15.2 Å². The molecule has 22 heavy (non-hydrogen) atoms.